The number of aliphatic hydroxyl groups is 1. The molecular formula is C26H23FN2O5. The van der Waals surface area contributed by atoms with Gasteiger partial charge in [0.1, 0.15) is 28.5 Å². The molecule has 0 spiro atoms. The number of rotatable bonds is 8. The number of fused-ring (bicyclic) bond motifs is 1. The first-order valence-corrected chi connectivity index (χ1v) is 10.8. The van der Waals surface area contributed by atoms with Crippen LogP contribution in [0.3, 0.4) is 0 Å². The molecule has 0 bridgehead atoms. The summed E-state index contributed by atoms with van der Waals surface area (Å²) in [5, 5.41) is 9.83. The Kier molecular flexibility index (Phi) is 6.98. The number of aromatic nitrogens is 2. The Morgan fingerprint density at radius 3 is 2.56 bits per heavy atom. The summed E-state index contributed by atoms with van der Waals surface area (Å²) in [6.07, 6.45) is 3.25. The van der Waals surface area contributed by atoms with Gasteiger partial charge in [0.25, 0.3) is 5.91 Å². The molecule has 0 amide bonds. The first-order valence-electron chi connectivity index (χ1n) is 10.8. The molecule has 2 aromatic carbocycles. The average molecular weight is 462 g/mol. The lowest BCUT2D eigenvalue weighted by molar-refractivity contribution is 0.0597. The van der Waals surface area contributed by atoms with E-state index in [2.05, 4.69) is 0 Å². The van der Waals surface area contributed by atoms with Crippen molar-refractivity contribution in [2.45, 2.75) is 19.3 Å². The third kappa shape index (κ3) is 4.82. The fraction of sp³-hybridized carbons (Fsp3) is 0.192. The van der Waals surface area contributed by atoms with E-state index in [1.807, 2.05) is 6.07 Å². The van der Waals surface area contributed by atoms with E-state index in [1.165, 1.54) is 17.7 Å². The predicted octanol–water partition coefficient (Wildman–Crippen LogP) is 4.76. The number of ether oxygens (including phenoxy) is 2. The van der Waals surface area contributed by atoms with Gasteiger partial charge in [0, 0.05) is 29.8 Å². The van der Waals surface area contributed by atoms with Crippen LogP contribution in [0.2, 0.25) is 0 Å². The van der Waals surface area contributed by atoms with Crippen LogP contribution in [0.1, 0.15) is 39.3 Å². The molecule has 8 heteroatoms. The highest BCUT2D eigenvalue weighted by Crippen LogP contribution is 2.32. The molecule has 0 saturated heterocycles. The second kappa shape index (κ2) is 10.3. The van der Waals surface area contributed by atoms with Gasteiger partial charge in [-0.25, -0.2) is 14.2 Å². The number of aliphatic hydroxyl groups excluding tert-OH is 1. The number of nitrogens with zero attached hydrogens (tertiary/aromatic N) is 2. The molecule has 2 aromatic heterocycles. The zero-order valence-corrected chi connectivity index (χ0v) is 18.5. The molecule has 174 valence electrons. The first-order chi connectivity index (χ1) is 16.5. The molecule has 0 aliphatic carbocycles. The smallest absolute Gasteiger partial charge is 0.341 e. The predicted molar refractivity (Wildman–Crippen MR) is 124 cm³/mol. The van der Waals surface area contributed by atoms with Crippen molar-refractivity contribution in [2.75, 3.05) is 13.7 Å². The van der Waals surface area contributed by atoms with E-state index in [1.54, 1.807) is 42.6 Å². The Labute approximate surface area is 195 Å². The molecule has 4 aromatic rings. The number of pyridine rings is 1. The van der Waals surface area contributed by atoms with Crippen molar-refractivity contribution < 1.29 is 28.6 Å². The summed E-state index contributed by atoms with van der Waals surface area (Å²) in [6.45, 7) is 0.0255. The first kappa shape index (κ1) is 23.1. The molecule has 0 aliphatic heterocycles. The van der Waals surface area contributed by atoms with Crippen LogP contribution < -0.4 is 4.74 Å². The van der Waals surface area contributed by atoms with Crippen molar-refractivity contribution in [1.29, 1.82) is 0 Å². The van der Waals surface area contributed by atoms with E-state index < -0.39 is 11.8 Å². The molecule has 0 atom stereocenters. The molecule has 34 heavy (non-hydrogen) atoms. The van der Waals surface area contributed by atoms with Crippen LogP contribution in [0.25, 0.3) is 11.0 Å². The molecule has 1 N–H and O–H groups in total. The second-order valence-electron chi connectivity index (χ2n) is 7.62. The van der Waals surface area contributed by atoms with Gasteiger partial charge < -0.3 is 14.6 Å². The fourth-order valence-corrected chi connectivity index (χ4v) is 3.61. The molecule has 0 unspecified atom stereocenters. The quantitative estimate of drug-likeness (QED) is 0.300. The summed E-state index contributed by atoms with van der Waals surface area (Å²) in [5.41, 5.74) is 1.56. The average Bonchev–Trinajstić information content (AvgIpc) is 3.26. The van der Waals surface area contributed by atoms with Crippen LogP contribution >= 0.6 is 0 Å². The van der Waals surface area contributed by atoms with Crippen LogP contribution in [0, 0.1) is 5.82 Å². The number of aryl methyl sites for hydroxylation is 1. The minimum Gasteiger partial charge on any atom is -0.465 e. The van der Waals surface area contributed by atoms with Crippen LogP contribution in [0.4, 0.5) is 4.39 Å². The van der Waals surface area contributed by atoms with E-state index >= 15 is 0 Å². The molecule has 4 rings (SSSR count). The molecule has 7 nitrogen and oxygen atoms in total. The normalized spacial score (nSPS) is 10.9. The summed E-state index contributed by atoms with van der Waals surface area (Å²) in [7, 11) is 1.23. The lowest BCUT2D eigenvalue weighted by atomic mass is 10.1. The van der Waals surface area contributed by atoms with Gasteiger partial charge in [-0.15, -0.1) is 0 Å². The molecule has 0 fully saturated rings. The van der Waals surface area contributed by atoms with E-state index in [0.29, 0.717) is 47.3 Å². The molecule has 0 saturated carbocycles. The van der Waals surface area contributed by atoms with Gasteiger partial charge in [-0.2, -0.15) is 0 Å². The van der Waals surface area contributed by atoms with Crippen LogP contribution in [0.15, 0.2) is 66.9 Å². The Morgan fingerprint density at radius 1 is 1.03 bits per heavy atom. The monoisotopic (exact) mass is 462 g/mol. The zero-order valence-electron chi connectivity index (χ0n) is 18.5. The van der Waals surface area contributed by atoms with Crippen molar-refractivity contribution in [3.63, 3.8) is 0 Å². The number of carbonyl (C=O) groups excluding carboxylic acids is 2. The van der Waals surface area contributed by atoms with Crippen molar-refractivity contribution in [3.05, 3.63) is 89.5 Å². The minimum atomic E-state index is -0.662. The zero-order chi connectivity index (χ0) is 24.1. The maximum absolute atomic E-state index is 14.0. The highest BCUT2D eigenvalue weighted by Gasteiger charge is 2.19. The Morgan fingerprint density at radius 2 is 1.82 bits per heavy atom. The van der Waals surface area contributed by atoms with Crippen LogP contribution in [0.5, 0.6) is 11.5 Å². The Bertz CT molecular complexity index is 1330. The lowest BCUT2D eigenvalue weighted by Gasteiger charge is -2.14. The molecule has 2 heterocycles. The number of carbonyl (C=O) groups is 2. The molecule has 0 radical (unpaired) electrons. The lowest BCUT2D eigenvalue weighted by Crippen LogP contribution is -2.12. The number of halogens is 1. The van der Waals surface area contributed by atoms with Crippen molar-refractivity contribution in [1.82, 2.24) is 9.55 Å². The largest absolute Gasteiger partial charge is 0.465 e. The van der Waals surface area contributed by atoms with Crippen molar-refractivity contribution in [3.8, 4) is 11.5 Å². The SMILES string of the molecule is COC(=O)c1ccc(F)cc1Oc1cc2ccn(C(=O)c3ccccc3)c2nc1CCCCO. The summed E-state index contributed by atoms with van der Waals surface area (Å²) >= 11 is 0. The van der Waals surface area contributed by atoms with Gasteiger partial charge in [0.05, 0.1) is 12.8 Å². The van der Waals surface area contributed by atoms with Gasteiger partial charge in [0.15, 0.2) is 0 Å². The van der Waals surface area contributed by atoms with Gasteiger partial charge in [-0.3, -0.25) is 9.36 Å². The standard InChI is InChI=1S/C26H23FN2O5/c1-33-26(32)20-11-10-19(27)16-22(20)34-23-15-18-12-13-29(25(31)17-7-3-2-4-8-17)24(18)28-21(23)9-5-6-14-30/h2-4,7-8,10-13,15-16,30H,5-6,9,14H2,1H3. The van der Waals surface area contributed by atoms with Gasteiger partial charge in [-0.1, -0.05) is 18.2 Å². The Hall–Kier alpha value is -4.04. The highest BCUT2D eigenvalue weighted by molar-refractivity contribution is 6.01. The fourth-order valence-electron chi connectivity index (χ4n) is 3.61. The third-order valence-corrected chi connectivity index (χ3v) is 5.33. The van der Waals surface area contributed by atoms with Gasteiger partial charge in [-0.05, 0) is 55.7 Å². The summed E-state index contributed by atoms with van der Waals surface area (Å²) in [4.78, 5) is 29.9. The number of methoxy groups -OCH3 is 1. The molecule has 0 aliphatic rings. The number of hydrogen-bond donors (Lipinski definition) is 1. The number of hydrogen-bond acceptors (Lipinski definition) is 6. The maximum atomic E-state index is 14.0. The number of esters is 1. The summed E-state index contributed by atoms with van der Waals surface area (Å²) in [6, 6.07) is 15.9. The number of benzene rings is 2. The summed E-state index contributed by atoms with van der Waals surface area (Å²) < 4.78 is 26.2. The summed E-state index contributed by atoms with van der Waals surface area (Å²) in [5.74, 6) is -1.14. The van der Waals surface area contributed by atoms with Gasteiger partial charge >= 0.3 is 5.97 Å². The van der Waals surface area contributed by atoms with Crippen molar-refractivity contribution >= 4 is 22.9 Å². The van der Waals surface area contributed by atoms with E-state index in [9.17, 15) is 19.1 Å². The maximum Gasteiger partial charge on any atom is 0.341 e. The van der Waals surface area contributed by atoms with Crippen LogP contribution in [-0.4, -0.2) is 40.3 Å². The van der Waals surface area contributed by atoms with Gasteiger partial charge in [0.2, 0.25) is 0 Å². The third-order valence-electron chi connectivity index (χ3n) is 5.33. The minimum absolute atomic E-state index is 0.00352. The highest BCUT2D eigenvalue weighted by atomic mass is 19.1. The Balaban J connectivity index is 1.78. The number of unbranched alkanes of at least 4 members (excludes halogenated alkanes) is 1. The van der Waals surface area contributed by atoms with E-state index in [0.717, 1.165) is 12.1 Å². The van der Waals surface area contributed by atoms with E-state index in [-0.39, 0.29) is 23.8 Å². The van der Waals surface area contributed by atoms with E-state index in [4.69, 9.17) is 14.5 Å². The topological polar surface area (TPSA) is 90.7 Å². The van der Waals surface area contributed by atoms with Crippen LogP contribution in [-0.2, 0) is 11.2 Å². The van der Waals surface area contributed by atoms with Crippen molar-refractivity contribution in [2.24, 2.45) is 0 Å². The second-order valence-corrected chi connectivity index (χ2v) is 7.62. The molecular weight excluding hydrogens is 439 g/mol.